The van der Waals surface area contributed by atoms with Crippen molar-refractivity contribution >= 4 is 11.6 Å². The number of unbranched alkanes of at least 4 members (excludes halogenated alkanes) is 4. The van der Waals surface area contributed by atoms with Crippen LogP contribution in [0.4, 0.5) is 0 Å². The third-order valence-electron chi connectivity index (χ3n) is 6.62. The summed E-state index contributed by atoms with van der Waals surface area (Å²) in [6.07, 6.45) is 7.13. The first-order valence-corrected chi connectivity index (χ1v) is 13.0. The van der Waals surface area contributed by atoms with Gasteiger partial charge in [-0.3, -0.25) is 9.59 Å². The van der Waals surface area contributed by atoms with Crippen molar-refractivity contribution in [2.24, 2.45) is 0 Å². The summed E-state index contributed by atoms with van der Waals surface area (Å²) in [5.74, 6) is 0.377. The molecule has 34 heavy (non-hydrogen) atoms. The van der Waals surface area contributed by atoms with E-state index in [2.05, 4.69) is 42.0 Å². The van der Waals surface area contributed by atoms with E-state index in [1.807, 2.05) is 48.5 Å². The molecular weight excluding hydrogens is 420 g/mol. The number of rotatable bonds is 15. The SMILES string of the molecule is CCCCC[N+](C)(C)CC(=O)c1ccc(-c2ccc(C(=O)C[N+](C)(C)CCCCC)cc2)cc1. The lowest BCUT2D eigenvalue weighted by Crippen LogP contribution is -2.44. The molecule has 2 aromatic carbocycles. The highest BCUT2D eigenvalue weighted by atomic mass is 16.1. The van der Waals surface area contributed by atoms with Gasteiger partial charge in [0.1, 0.15) is 13.1 Å². The molecule has 0 fully saturated rings. The van der Waals surface area contributed by atoms with Gasteiger partial charge in [-0.1, -0.05) is 75.2 Å². The van der Waals surface area contributed by atoms with E-state index in [4.69, 9.17) is 0 Å². The number of carbonyl (C=O) groups is 2. The standard InChI is InChI=1S/C30H46N2O2/c1-7-9-11-21-31(3,4)23-29(33)27-17-13-25(14-18-27)26-15-19-28(20-16-26)30(34)24-32(5,6)22-12-10-8-2/h13-20H,7-12,21-24H2,1-6H3/q+2. The van der Waals surface area contributed by atoms with Crippen LogP contribution >= 0.6 is 0 Å². The lowest BCUT2D eigenvalue weighted by Gasteiger charge is -2.29. The van der Waals surface area contributed by atoms with Crippen molar-refractivity contribution in [3.8, 4) is 11.1 Å². The van der Waals surface area contributed by atoms with Gasteiger partial charge in [0.2, 0.25) is 11.6 Å². The Balaban J connectivity index is 1.98. The second-order valence-electron chi connectivity index (χ2n) is 11.1. The van der Waals surface area contributed by atoms with E-state index in [0.717, 1.165) is 57.2 Å². The molecular formula is C30H46N2O2+2. The van der Waals surface area contributed by atoms with Crippen LogP contribution in [0.25, 0.3) is 11.1 Å². The summed E-state index contributed by atoms with van der Waals surface area (Å²) in [7, 11) is 8.54. The van der Waals surface area contributed by atoms with Crippen LogP contribution in [0.5, 0.6) is 0 Å². The summed E-state index contributed by atoms with van der Waals surface area (Å²) in [5.41, 5.74) is 3.64. The third kappa shape index (κ3) is 9.15. The summed E-state index contributed by atoms with van der Waals surface area (Å²) in [6, 6.07) is 15.8. The highest BCUT2D eigenvalue weighted by molar-refractivity contribution is 5.98. The van der Waals surface area contributed by atoms with Gasteiger partial charge >= 0.3 is 0 Å². The quantitative estimate of drug-likeness (QED) is 0.177. The lowest BCUT2D eigenvalue weighted by atomic mass is 10.00. The molecule has 2 rings (SSSR count). The largest absolute Gasteiger partial charge is 0.322 e. The fraction of sp³-hybridized carbons (Fsp3) is 0.533. The maximum Gasteiger partial charge on any atom is 0.216 e. The number of ketones is 2. The molecule has 0 radical (unpaired) electrons. The number of likely N-dealkylation sites (N-methyl/N-ethyl adjacent to an activating group) is 2. The Bertz CT molecular complexity index is 834. The van der Waals surface area contributed by atoms with Crippen molar-refractivity contribution in [3.63, 3.8) is 0 Å². The molecule has 0 N–H and O–H groups in total. The van der Waals surface area contributed by atoms with E-state index >= 15 is 0 Å². The van der Waals surface area contributed by atoms with Gasteiger partial charge in [-0.05, 0) is 36.8 Å². The maximum absolute atomic E-state index is 12.8. The zero-order valence-corrected chi connectivity index (χ0v) is 22.4. The van der Waals surface area contributed by atoms with Crippen molar-refractivity contribution in [2.75, 3.05) is 54.4 Å². The van der Waals surface area contributed by atoms with E-state index < -0.39 is 0 Å². The summed E-state index contributed by atoms with van der Waals surface area (Å²) in [5, 5.41) is 0. The van der Waals surface area contributed by atoms with Crippen LogP contribution in [0.1, 0.15) is 73.1 Å². The predicted molar refractivity (Wildman–Crippen MR) is 143 cm³/mol. The number of Topliss-reactive ketones (excluding diaryl/α,β-unsaturated/α-hetero) is 2. The second kappa shape index (κ2) is 13.0. The Labute approximate surface area is 207 Å². The molecule has 0 aromatic heterocycles. The van der Waals surface area contributed by atoms with Crippen LogP contribution in [0, 0.1) is 0 Å². The van der Waals surface area contributed by atoms with E-state index in [0.29, 0.717) is 13.1 Å². The zero-order chi connectivity index (χ0) is 25.2. The molecule has 4 heteroatoms. The van der Waals surface area contributed by atoms with Crippen molar-refractivity contribution in [2.45, 2.75) is 52.4 Å². The fourth-order valence-corrected chi connectivity index (χ4v) is 4.40. The fourth-order valence-electron chi connectivity index (χ4n) is 4.40. The van der Waals surface area contributed by atoms with Crippen LogP contribution in [-0.2, 0) is 0 Å². The van der Waals surface area contributed by atoms with E-state index in [1.54, 1.807) is 0 Å². The van der Waals surface area contributed by atoms with Crippen molar-refractivity contribution < 1.29 is 18.6 Å². The Morgan fingerprint density at radius 3 is 1.18 bits per heavy atom. The molecule has 2 aromatic rings. The zero-order valence-electron chi connectivity index (χ0n) is 22.4. The predicted octanol–water partition coefficient (Wildman–Crippen LogP) is 6.25. The first-order chi connectivity index (χ1) is 16.1. The van der Waals surface area contributed by atoms with Crippen LogP contribution in [0.3, 0.4) is 0 Å². The lowest BCUT2D eigenvalue weighted by molar-refractivity contribution is -0.882. The number of hydrogen-bond donors (Lipinski definition) is 0. The molecule has 186 valence electrons. The van der Waals surface area contributed by atoms with Crippen LogP contribution in [0.15, 0.2) is 48.5 Å². The maximum atomic E-state index is 12.8. The number of quaternary nitrogens is 2. The van der Waals surface area contributed by atoms with Crippen molar-refractivity contribution in [3.05, 3.63) is 59.7 Å². The molecule has 0 aliphatic heterocycles. The molecule has 0 saturated heterocycles. The van der Waals surface area contributed by atoms with Crippen LogP contribution < -0.4 is 0 Å². The monoisotopic (exact) mass is 466 g/mol. The van der Waals surface area contributed by atoms with Gasteiger partial charge in [0.25, 0.3) is 0 Å². The Morgan fingerprint density at radius 2 is 0.882 bits per heavy atom. The number of hydrogen-bond acceptors (Lipinski definition) is 2. The molecule has 0 saturated carbocycles. The first-order valence-electron chi connectivity index (χ1n) is 13.0. The van der Waals surface area contributed by atoms with Gasteiger partial charge in [-0.15, -0.1) is 0 Å². The molecule has 0 aliphatic carbocycles. The Hall–Kier alpha value is -2.30. The molecule has 0 unspecified atom stereocenters. The van der Waals surface area contributed by atoms with Crippen LogP contribution in [-0.4, -0.2) is 74.9 Å². The van der Waals surface area contributed by atoms with Crippen molar-refractivity contribution in [1.29, 1.82) is 0 Å². The normalized spacial score (nSPS) is 12.1. The molecule has 0 amide bonds. The minimum Gasteiger partial charge on any atom is -0.322 e. The van der Waals surface area contributed by atoms with E-state index in [1.165, 1.54) is 25.7 Å². The molecule has 4 nitrogen and oxygen atoms in total. The Morgan fingerprint density at radius 1 is 0.559 bits per heavy atom. The molecule has 0 aliphatic rings. The summed E-state index contributed by atoms with van der Waals surface area (Å²) < 4.78 is 1.45. The van der Waals surface area contributed by atoms with Crippen molar-refractivity contribution in [1.82, 2.24) is 0 Å². The number of benzene rings is 2. The minimum atomic E-state index is 0.189. The summed E-state index contributed by atoms with van der Waals surface area (Å²) in [6.45, 7) is 7.50. The molecule has 0 spiro atoms. The van der Waals surface area contributed by atoms with Crippen LogP contribution in [0.2, 0.25) is 0 Å². The average molecular weight is 467 g/mol. The summed E-state index contributed by atoms with van der Waals surface area (Å²) >= 11 is 0. The van der Waals surface area contributed by atoms with Gasteiger partial charge in [0.15, 0.2) is 0 Å². The first kappa shape index (κ1) is 27.9. The number of nitrogens with zero attached hydrogens (tertiary/aromatic N) is 2. The topological polar surface area (TPSA) is 34.1 Å². The van der Waals surface area contributed by atoms with Gasteiger partial charge in [0.05, 0.1) is 41.3 Å². The van der Waals surface area contributed by atoms with Gasteiger partial charge in [0, 0.05) is 11.1 Å². The molecule has 0 bridgehead atoms. The van der Waals surface area contributed by atoms with E-state index in [-0.39, 0.29) is 11.6 Å². The second-order valence-corrected chi connectivity index (χ2v) is 11.1. The number of carbonyl (C=O) groups excluding carboxylic acids is 2. The Kier molecular flexibility index (Phi) is 10.7. The van der Waals surface area contributed by atoms with Gasteiger partial charge < -0.3 is 8.97 Å². The molecule has 0 atom stereocenters. The third-order valence-corrected chi connectivity index (χ3v) is 6.62. The van der Waals surface area contributed by atoms with E-state index in [9.17, 15) is 9.59 Å². The molecule has 0 heterocycles. The average Bonchev–Trinajstić information content (AvgIpc) is 2.79. The summed E-state index contributed by atoms with van der Waals surface area (Å²) in [4.78, 5) is 25.6. The van der Waals surface area contributed by atoms with Gasteiger partial charge in [-0.2, -0.15) is 0 Å². The smallest absolute Gasteiger partial charge is 0.216 e. The highest BCUT2D eigenvalue weighted by Crippen LogP contribution is 2.21. The van der Waals surface area contributed by atoms with Gasteiger partial charge in [-0.25, -0.2) is 0 Å². The highest BCUT2D eigenvalue weighted by Gasteiger charge is 2.22. The minimum absolute atomic E-state index is 0.189.